The van der Waals surface area contributed by atoms with Crippen molar-refractivity contribution in [3.8, 4) is 5.75 Å². The first-order valence-corrected chi connectivity index (χ1v) is 9.69. The summed E-state index contributed by atoms with van der Waals surface area (Å²) in [5, 5.41) is -0.246. The van der Waals surface area contributed by atoms with Gasteiger partial charge in [0, 0.05) is 12.7 Å². The summed E-state index contributed by atoms with van der Waals surface area (Å²) in [6.45, 7) is 6.36. The van der Waals surface area contributed by atoms with Gasteiger partial charge in [-0.2, -0.15) is 0 Å². The van der Waals surface area contributed by atoms with Gasteiger partial charge < -0.3 is 4.74 Å². The van der Waals surface area contributed by atoms with E-state index in [-0.39, 0.29) is 11.4 Å². The van der Waals surface area contributed by atoms with E-state index in [1.807, 2.05) is 6.92 Å². The first-order valence-electron chi connectivity index (χ1n) is 7.73. The zero-order valence-corrected chi connectivity index (χ0v) is 14.2. The average molecular weight is 310 g/mol. The van der Waals surface area contributed by atoms with E-state index in [1.165, 1.54) is 11.8 Å². The van der Waals surface area contributed by atoms with Crippen molar-refractivity contribution in [3.05, 3.63) is 29.3 Å². The maximum Gasteiger partial charge on any atom is 0.150 e. The quantitative estimate of drug-likeness (QED) is 0.848. The van der Waals surface area contributed by atoms with Crippen LogP contribution in [0.2, 0.25) is 0 Å². The second kappa shape index (κ2) is 6.39. The fraction of sp³-hybridized carbons (Fsp3) is 0.647. The second-order valence-corrected chi connectivity index (χ2v) is 8.86. The van der Waals surface area contributed by atoms with E-state index >= 15 is 0 Å². The summed E-state index contributed by atoms with van der Waals surface area (Å²) < 4.78 is 29.6. The lowest BCUT2D eigenvalue weighted by Gasteiger charge is -2.29. The molecule has 1 saturated carbocycles. The summed E-state index contributed by atoms with van der Waals surface area (Å²) in [5.74, 6) is 1.36. The molecule has 4 heteroatoms. The molecule has 1 aliphatic carbocycles. The summed E-state index contributed by atoms with van der Waals surface area (Å²) in [7, 11) is -2.96. The van der Waals surface area contributed by atoms with Crippen molar-refractivity contribution in [2.24, 2.45) is 0 Å². The van der Waals surface area contributed by atoms with Gasteiger partial charge in [0.25, 0.3) is 0 Å². The molecule has 2 rings (SSSR count). The summed E-state index contributed by atoms with van der Waals surface area (Å²) in [5.41, 5.74) is 2.37. The normalized spacial score (nSPS) is 23.3. The maximum absolute atomic E-state index is 11.7. The summed E-state index contributed by atoms with van der Waals surface area (Å²) in [6, 6.07) is 6.32. The summed E-state index contributed by atoms with van der Waals surface area (Å²) in [6.07, 6.45) is 4.60. The largest absolute Gasteiger partial charge is 0.490 e. The number of ether oxygens (including phenoxy) is 1. The van der Waals surface area contributed by atoms with Gasteiger partial charge in [-0.15, -0.1) is 0 Å². The lowest BCUT2D eigenvalue weighted by molar-refractivity contribution is 0.155. The number of benzene rings is 1. The van der Waals surface area contributed by atoms with E-state index in [2.05, 4.69) is 32.0 Å². The Labute approximate surface area is 128 Å². The molecule has 0 spiro atoms. The van der Waals surface area contributed by atoms with Gasteiger partial charge >= 0.3 is 0 Å². The Hall–Kier alpha value is -1.03. The molecule has 2 atom stereocenters. The minimum absolute atomic E-state index is 0.0135. The van der Waals surface area contributed by atoms with E-state index in [4.69, 9.17) is 4.74 Å². The van der Waals surface area contributed by atoms with Crippen molar-refractivity contribution >= 4 is 9.84 Å². The van der Waals surface area contributed by atoms with Crippen LogP contribution in [0.4, 0.5) is 0 Å². The van der Waals surface area contributed by atoms with E-state index in [1.54, 1.807) is 0 Å². The highest BCUT2D eigenvalue weighted by Crippen LogP contribution is 2.30. The van der Waals surface area contributed by atoms with Crippen LogP contribution >= 0.6 is 0 Å². The van der Waals surface area contributed by atoms with Gasteiger partial charge in [0.05, 0.1) is 11.4 Å². The third-order valence-corrected chi connectivity index (χ3v) is 6.00. The Morgan fingerprint density at radius 3 is 2.57 bits per heavy atom. The molecule has 1 aliphatic rings. The van der Waals surface area contributed by atoms with Gasteiger partial charge in [0.15, 0.2) is 0 Å². The highest BCUT2D eigenvalue weighted by atomic mass is 32.2. The number of sulfone groups is 1. The van der Waals surface area contributed by atoms with Crippen molar-refractivity contribution < 1.29 is 13.2 Å². The minimum Gasteiger partial charge on any atom is -0.490 e. The Morgan fingerprint density at radius 2 is 1.95 bits per heavy atom. The zero-order chi connectivity index (χ0) is 15.6. The molecule has 1 fully saturated rings. The lowest BCUT2D eigenvalue weighted by atomic mass is 9.96. The maximum atomic E-state index is 11.7. The smallest absolute Gasteiger partial charge is 0.150 e. The van der Waals surface area contributed by atoms with E-state index in [0.717, 1.165) is 30.6 Å². The van der Waals surface area contributed by atoms with Gasteiger partial charge in [0.1, 0.15) is 15.6 Å². The van der Waals surface area contributed by atoms with Gasteiger partial charge in [0.2, 0.25) is 0 Å². The highest BCUT2D eigenvalue weighted by molar-refractivity contribution is 7.91. The van der Waals surface area contributed by atoms with E-state index in [9.17, 15) is 8.42 Å². The van der Waals surface area contributed by atoms with E-state index < -0.39 is 9.84 Å². The molecule has 0 aliphatic heterocycles. The van der Waals surface area contributed by atoms with Crippen LogP contribution in [0.3, 0.4) is 0 Å². The fourth-order valence-electron chi connectivity index (χ4n) is 2.88. The van der Waals surface area contributed by atoms with Gasteiger partial charge in [-0.25, -0.2) is 8.42 Å². The van der Waals surface area contributed by atoms with Gasteiger partial charge in [-0.3, -0.25) is 0 Å². The summed E-state index contributed by atoms with van der Waals surface area (Å²) >= 11 is 0. The van der Waals surface area contributed by atoms with Crippen molar-refractivity contribution in [3.63, 3.8) is 0 Å². The number of hydrogen-bond acceptors (Lipinski definition) is 3. The minimum atomic E-state index is -2.96. The predicted molar refractivity (Wildman–Crippen MR) is 86.8 cm³/mol. The van der Waals surface area contributed by atoms with Crippen LogP contribution in [0, 0.1) is 6.92 Å². The SMILES string of the molecule is Cc1ccc(C(C)C)cc1OC1CCCC(S(C)(=O)=O)C1. The average Bonchev–Trinajstić information content (AvgIpc) is 2.40. The first kappa shape index (κ1) is 16.3. The fourth-order valence-corrected chi connectivity index (χ4v) is 4.04. The number of aryl methyl sites for hydroxylation is 1. The molecule has 0 aromatic heterocycles. The molecule has 0 saturated heterocycles. The second-order valence-electron chi connectivity index (χ2n) is 6.54. The molecule has 1 aromatic rings. The van der Waals surface area contributed by atoms with Crippen molar-refractivity contribution in [1.29, 1.82) is 0 Å². The Balaban J connectivity index is 2.12. The van der Waals surface area contributed by atoms with Crippen molar-refractivity contribution in [2.45, 2.75) is 63.7 Å². The van der Waals surface area contributed by atoms with Crippen LogP contribution < -0.4 is 4.74 Å². The zero-order valence-electron chi connectivity index (χ0n) is 13.4. The van der Waals surface area contributed by atoms with E-state index in [0.29, 0.717) is 12.3 Å². The third kappa shape index (κ3) is 4.22. The van der Waals surface area contributed by atoms with Crippen LogP contribution in [0.5, 0.6) is 5.75 Å². The van der Waals surface area contributed by atoms with Crippen LogP contribution in [-0.4, -0.2) is 26.0 Å². The Bertz CT molecular complexity index is 590. The van der Waals surface area contributed by atoms with Crippen LogP contribution in [-0.2, 0) is 9.84 Å². The molecule has 1 aromatic carbocycles. The van der Waals surface area contributed by atoms with Crippen molar-refractivity contribution in [2.75, 3.05) is 6.26 Å². The number of hydrogen-bond donors (Lipinski definition) is 0. The predicted octanol–water partition coefficient (Wildman–Crippen LogP) is 3.85. The molecule has 3 nitrogen and oxygen atoms in total. The molecule has 0 radical (unpaired) electrons. The molecule has 21 heavy (non-hydrogen) atoms. The first-order chi connectivity index (χ1) is 9.77. The number of rotatable bonds is 4. The lowest BCUT2D eigenvalue weighted by Crippen LogP contribution is -2.33. The van der Waals surface area contributed by atoms with Gasteiger partial charge in [-0.1, -0.05) is 26.0 Å². The van der Waals surface area contributed by atoms with Crippen LogP contribution in [0.25, 0.3) is 0 Å². The monoisotopic (exact) mass is 310 g/mol. The summed E-state index contributed by atoms with van der Waals surface area (Å²) in [4.78, 5) is 0. The third-order valence-electron chi connectivity index (χ3n) is 4.36. The Morgan fingerprint density at radius 1 is 1.24 bits per heavy atom. The molecule has 118 valence electrons. The molecule has 0 N–H and O–H groups in total. The Kier molecular flexibility index (Phi) is 4.97. The molecule has 0 amide bonds. The molecular weight excluding hydrogens is 284 g/mol. The molecule has 2 unspecified atom stereocenters. The topological polar surface area (TPSA) is 43.4 Å². The highest BCUT2D eigenvalue weighted by Gasteiger charge is 2.30. The van der Waals surface area contributed by atoms with Crippen LogP contribution in [0.15, 0.2) is 18.2 Å². The molecule has 0 bridgehead atoms. The molecular formula is C17H26O3S. The van der Waals surface area contributed by atoms with Gasteiger partial charge in [-0.05, 0) is 49.3 Å². The van der Waals surface area contributed by atoms with Crippen LogP contribution in [0.1, 0.15) is 56.6 Å². The standard InChI is InChI=1S/C17H26O3S/c1-12(2)14-9-8-13(3)17(10-14)20-15-6-5-7-16(11-15)21(4,18)19/h8-10,12,15-16H,5-7,11H2,1-4H3. The molecule has 0 heterocycles. The van der Waals surface area contributed by atoms with Crippen molar-refractivity contribution in [1.82, 2.24) is 0 Å².